The van der Waals surface area contributed by atoms with Crippen LogP contribution < -0.4 is 9.46 Å². The van der Waals surface area contributed by atoms with Crippen LogP contribution in [0.25, 0.3) is 55.7 Å². The summed E-state index contributed by atoms with van der Waals surface area (Å²) >= 11 is 0. The number of rotatable bonds is 0. The lowest BCUT2D eigenvalue weighted by atomic mass is 10.0. The molecule has 8 aromatic rings. The number of hydrogen-bond donors (Lipinski definition) is 2. The molecule has 6 aromatic heterocycles. The molecular formula is C44H36N8O2+2. The Bertz CT molecular complexity index is 2470. The van der Waals surface area contributed by atoms with E-state index in [0.717, 1.165) is 67.1 Å². The van der Waals surface area contributed by atoms with Gasteiger partial charge in [-0.15, -0.1) is 0 Å². The van der Waals surface area contributed by atoms with Gasteiger partial charge in [0.1, 0.15) is 0 Å². The van der Waals surface area contributed by atoms with Gasteiger partial charge < -0.3 is 0 Å². The van der Waals surface area contributed by atoms with Crippen molar-refractivity contribution in [3.8, 4) is 34.2 Å². The third-order valence-corrected chi connectivity index (χ3v) is 10.4. The first-order valence-corrected chi connectivity index (χ1v) is 18.1. The molecule has 0 saturated carbocycles. The first kappa shape index (κ1) is 32.1. The van der Waals surface area contributed by atoms with Crippen LogP contribution in [0.3, 0.4) is 0 Å². The molecule has 9 heterocycles. The minimum atomic E-state index is 0.351. The first-order chi connectivity index (χ1) is 26.5. The van der Waals surface area contributed by atoms with E-state index in [1.807, 2.05) is 133 Å². The van der Waals surface area contributed by atoms with Gasteiger partial charge >= 0.3 is 11.4 Å². The Kier molecular flexibility index (Phi) is 7.78. The third-order valence-electron chi connectivity index (χ3n) is 10.4. The summed E-state index contributed by atoms with van der Waals surface area (Å²) in [5, 5.41) is 28.4. The molecule has 2 N–H and O–H groups in total. The summed E-state index contributed by atoms with van der Waals surface area (Å²) in [5.74, 6) is 0. The molecule has 3 aliphatic rings. The van der Waals surface area contributed by atoms with Crippen LogP contribution in [0.5, 0.6) is 0 Å². The molecule has 0 spiro atoms. The van der Waals surface area contributed by atoms with Crippen LogP contribution in [0.2, 0.25) is 0 Å². The maximum Gasteiger partial charge on any atom is 0.333 e. The average Bonchev–Trinajstić information content (AvgIpc) is 3.19. The quantitative estimate of drug-likeness (QED) is 0.133. The topological polar surface area (TPSA) is 106 Å². The maximum absolute atomic E-state index is 12.3. The van der Waals surface area contributed by atoms with Gasteiger partial charge in [0.15, 0.2) is 0 Å². The van der Waals surface area contributed by atoms with E-state index in [1.165, 1.54) is 9.46 Å². The number of benzene rings is 2. The van der Waals surface area contributed by atoms with Crippen molar-refractivity contribution in [1.29, 1.82) is 0 Å². The second-order valence-electron chi connectivity index (χ2n) is 14.1. The van der Waals surface area contributed by atoms with Gasteiger partial charge in [0.05, 0.1) is 69.4 Å². The summed E-state index contributed by atoms with van der Waals surface area (Å²) in [4.78, 5) is 25.0. The number of fused-ring (bicyclic) bond motifs is 2. The van der Waals surface area contributed by atoms with Gasteiger partial charge in [-0.3, -0.25) is 20.2 Å². The van der Waals surface area contributed by atoms with Crippen molar-refractivity contribution in [2.75, 3.05) is 0 Å². The van der Waals surface area contributed by atoms with Gasteiger partial charge in [-0.25, -0.2) is 19.9 Å². The van der Waals surface area contributed by atoms with Crippen molar-refractivity contribution in [1.82, 2.24) is 29.7 Å². The van der Waals surface area contributed by atoms with Crippen molar-refractivity contribution in [3.63, 3.8) is 0 Å². The predicted molar refractivity (Wildman–Crippen MR) is 202 cm³/mol. The smallest absolute Gasteiger partial charge is 0.284 e. The van der Waals surface area contributed by atoms with Crippen LogP contribution in [0.15, 0.2) is 133 Å². The van der Waals surface area contributed by atoms with Crippen molar-refractivity contribution in [3.05, 3.63) is 168 Å². The van der Waals surface area contributed by atoms with Crippen LogP contribution in [-0.4, -0.2) is 40.2 Å². The van der Waals surface area contributed by atoms with E-state index in [9.17, 15) is 10.4 Å². The van der Waals surface area contributed by atoms with Gasteiger partial charge in [0.2, 0.25) is 0 Å². The number of aromatic nitrogens is 6. The summed E-state index contributed by atoms with van der Waals surface area (Å²) < 4.78 is 2.49. The molecule has 0 radical (unpaired) electrons. The van der Waals surface area contributed by atoms with Gasteiger partial charge in [-0.05, 0) is 71.4 Å². The molecule has 54 heavy (non-hydrogen) atoms. The monoisotopic (exact) mass is 708 g/mol. The second-order valence-corrected chi connectivity index (χ2v) is 14.1. The zero-order valence-electron chi connectivity index (χ0n) is 29.4. The van der Waals surface area contributed by atoms with Crippen LogP contribution in [0.1, 0.15) is 34.2 Å². The van der Waals surface area contributed by atoms with Gasteiger partial charge in [-0.1, -0.05) is 60.7 Å². The normalized spacial score (nSPS) is 16.6. The zero-order chi connectivity index (χ0) is 36.2. The van der Waals surface area contributed by atoms with Gasteiger partial charge in [-0.2, -0.15) is 0 Å². The largest absolute Gasteiger partial charge is 0.333 e. The Morgan fingerprint density at radius 2 is 0.722 bits per heavy atom. The average molecular weight is 709 g/mol. The Hall–Kier alpha value is -6.62. The van der Waals surface area contributed by atoms with E-state index in [4.69, 9.17) is 19.9 Å². The summed E-state index contributed by atoms with van der Waals surface area (Å²) in [5.41, 5.74) is 8.91. The first-order valence-electron chi connectivity index (χ1n) is 18.1. The fourth-order valence-electron chi connectivity index (χ4n) is 7.89. The van der Waals surface area contributed by atoms with E-state index in [-0.39, 0.29) is 0 Å². The SMILES string of the molecule is O[n+]1c2cc3ccccc3c1CN1Cc3cccc(n3)-c3cccc(n3)CN(Cc3cccc(n3)-c3cccc(n3)C1)Cc1c3ccccc3cc-2[n+]1O. The van der Waals surface area contributed by atoms with E-state index in [0.29, 0.717) is 62.0 Å². The zero-order valence-corrected chi connectivity index (χ0v) is 29.4. The fraction of sp³-hybridized carbons (Fsp3) is 0.136. The third kappa shape index (κ3) is 5.87. The van der Waals surface area contributed by atoms with Gasteiger partial charge in [0, 0.05) is 47.8 Å². The summed E-state index contributed by atoms with van der Waals surface area (Å²) in [6.45, 7) is 2.59. The minimum Gasteiger partial charge on any atom is -0.284 e. The highest BCUT2D eigenvalue weighted by molar-refractivity contribution is 5.88. The maximum atomic E-state index is 12.3. The van der Waals surface area contributed by atoms with E-state index in [1.54, 1.807) is 0 Å². The van der Waals surface area contributed by atoms with Crippen molar-refractivity contribution in [2.45, 2.75) is 39.3 Å². The van der Waals surface area contributed by atoms with Crippen molar-refractivity contribution >= 4 is 21.5 Å². The molecule has 3 aliphatic heterocycles. The van der Waals surface area contributed by atoms with E-state index >= 15 is 0 Å². The lowest BCUT2D eigenvalue weighted by Crippen LogP contribution is -2.47. The molecule has 11 rings (SSSR count). The molecule has 0 amide bonds. The van der Waals surface area contributed by atoms with Crippen molar-refractivity contribution in [2.24, 2.45) is 0 Å². The Labute approximate surface area is 311 Å². The summed E-state index contributed by atoms with van der Waals surface area (Å²) in [6, 6.07) is 44.3. The molecule has 0 atom stereocenters. The highest BCUT2D eigenvalue weighted by atomic mass is 16.5. The van der Waals surface area contributed by atoms with Crippen LogP contribution in [0, 0.1) is 0 Å². The standard InChI is InChI=1S/C44H36N8O2/c53-51-41-21-29-9-1-3-15-35(29)43(51)27-49-23-31-11-5-17-37(45-31)39-19-7-13-33(47-39)25-50(28-44-36-16-4-2-10-30(36)22-42(41)52(44)54)26-34-14-8-20-40(48-34)38-18-6-12-32(24-49)46-38/h1-22,53-54H,23-28H2/q+2. The predicted octanol–water partition coefficient (Wildman–Crippen LogP) is 6.66. The molecule has 10 nitrogen and oxygen atoms in total. The highest BCUT2D eigenvalue weighted by Crippen LogP contribution is 2.29. The minimum absolute atomic E-state index is 0.351. The van der Waals surface area contributed by atoms with E-state index < -0.39 is 0 Å². The Balaban J connectivity index is 1.29. The van der Waals surface area contributed by atoms with Gasteiger partial charge in [0.25, 0.3) is 11.4 Å². The van der Waals surface area contributed by atoms with Crippen molar-refractivity contribution < 1.29 is 19.9 Å². The second kappa shape index (κ2) is 13.1. The molecule has 0 aliphatic carbocycles. The molecule has 10 heteroatoms. The number of nitrogens with zero attached hydrogens (tertiary/aromatic N) is 8. The van der Waals surface area contributed by atoms with Crippen LogP contribution in [-0.2, 0) is 39.3 Å². The molecule has 0 unspecified atom stereocenters. The number of hydrogen-bond acceptors (Lipinski definition) is 8. The summed E-state index contributed by atoms with van der Waals surface area (Å²) in [6.07, 6.45) is 0. The fourth-order valence-corrected chi connectivity index (χ4v) is 7.89. The molecule has 0 saturated heterocycles. The van der Waals surface area contributed by atoms with Crippen LogP contribution >= 0.6 is 0 Å². The Morgan fingerprint density at radius 3 is 1.07 bits per heavy atom. The molecule has 0 fully saturated rings. The molecule has 2 aromatic carbocycles. The highest BCUT2D eigenvalue weighted by Gasteiger charge is 2.35. The van der Waals surface area contributed by atoms with Crippen LogP contribution in [0.4, 0.5) is 0 Å². The lowest BCUT2D eigenvalue weighted by molar-refractivity contribution is -0.923. The lowest BCUT2D eigenvalue weighted by Gasteiger charge is -2.23. The summed E-state index contributed by atoms with van der Waals surface area (Å²) in [7, 11) is 0. The van der Waals surface area contributed by atoms with E-state index in [2.05, 4.69) is 9.80 Å². The molecule has 14 bridgehead atoms. The molecular weight excluding hydrogens is 673 g/mol. The Morgan fingerprint density at radius 1 is 0.389 bits per heavy atom. The molecule has 262 valence electrons. The number of pyridine rings is 6.